The molecule has 1 saturated heterocycles. The van der Waals surface area contributed by atoms with Gasteiger partial charge in [0.2, 0.25) is 0 Å². The van der Waals surface area contributed by atoms with Crippen LogP contribution in [0.3, 0.4) is 0 Å². The summed E-state index contributed by atoms with van der Waals surface area (Å²) in [5.74, 6) is 0.323. The summed E-state index contributed by atoms with van der Waals surface area (Å²) in [4.78, 5) is 34.8. The van der Waals surface area contributed by atoms with Crippen molar-refractivity contribution >= 4 is 17.9 Å². The van der Waals surface area contributed by atoms with E-state index in [4.69, 9.17) is 14.2 Å². The quantitative estimate of drug-likeness (QED) is 0.565. The fourth-order valence-electron chi connectivity index (χ4n) is 5.45. The predicted octanol–water partition coefficient (Wildman–Crippen LogP) is 3.14. The number of ether oxygens (including phenoxy) is 3. The lowest BCUT2D eigenvalue weighted by Gasteiger charge is -2.59. The van der Waals surface area contributed by atoms with Gasteiger partial charge in [-0.05, 0) is 43.1 Å². The van der Waals surface area contributed by atoms with Crippen molar-refractivity contribution in [2.75, 3.05) is 6.61 Å². The van der Waals surface area contributed by atoms with E-state index in [9.17, 15) is 14.4 Å². The van der Waals surface area contributed by atoms with Crippen LogP contribution in [0.4, 0.5) is 0 Å². The van der Waals surface area contributed by atoms with Gasteiger partial charge in [0.15, 0.2) is 0 Å². The number of esters is 3. The van der Waals surface area contributed by atoms with E-state index in [2.05, 4.69) is 13.8 Å². The third kappa shape index (κ3) is 3.14. The molecule has 3 aliphatic rings. The zero-order valence-corrected chi connectivity index (χ0v) is 16.0. The molecule has 6 heteroatoms. The van der Waals surface area contributed by atoms with Gasteiger partial charge in [-0.1, -0.05) is 13.8 Å². The minimum Gasteiger partial charge on any atom is -0.465 e. The summed E-state index contributed by atoms with van der Waals surface area (Å²) in [7, 11) is 0. The van der Waals surface area contributed by atoms with Gasteiger partial charge >= 0.3 is 17.9 Å². The molecule has 6 nitrogen and oxygen atoms in total. The zero-order valence-electron chi connectivity index (χ0n) is 16.0. The maximum Gasteiger partial charge on any atom is 0.310 e. The van der Waals surface area contributed by atoms with E-state index in [-0.39, 0.29) is 47.9 Å². The topological polar surface area (TPSA) is 78.9 Å². The predicted molar refractivity (Wildman–Crippen MR) is 92.6 cm³/mol. The Kier molecular flexibility index (Phi) is 4.88. The average molecular weight is 364 g/mol. The van der Waals surface area contributed by atoms with Gasteiger partial charge < -0.3 is 14.2 Å². The van der Waals surface area contributed by atoms with Crippen LogP contribution >= 0.6 is 0 Å². The Labute approximate surface area is 154 Å². The van der Waals surface area contributed by atoms with Crippen LogP contribution in [0.1, 0.15) is 59.8 Å². The van der Waals surface area contributed by atoms with E-state index in [1.165, 1.54) is 13.8 Å². The number of allylic oxidation sites excluding steroid dienone is 2. The van der Waals surface area contributed by atoms with Crippen LogP contribution in [-0.2, 0) is 28.6 Å². The second-order valence-electron chi connectivity index (χ2n) is 8.39. The van der Waals surface area contributed by atoms with Gasteiger partial charge in [0.1, 0.15) is 18.5 Å². The maximum atomic E-state index is 11.7. The molecule has 1 aliphatic heterocycles. The molecule has 5 atom stereocenters. The first-order valence-electron chi connectivity index (χ1n) is 9.38. The van der Waals surface area contributed by atoms with Crippen molar-refractivity contribution in [2.24, 2.45) is 22.7 Å². The normalized spacial score (nSPS) is 39.0. The molecule has 0 radical (unpaired) electrons. The van der Waals surface area contributed by atoms with Crippen molar-refractivity contribution in [3.63, 3.8) is 0 Å². The highest BCUT2D eigenvalue weighted by Crippen LogP contribution is 2.62. The number of hydrogen-bond acceptors (Lipinski definition) is 6. The second-order valence-corrected chi connectivity index (χ2v) is 8.39. The van der Waals surface area contributed by atoms with Crippen molar-refractivity contribution in [1.29, 1.82) is 0 Å². The lowest BCUT2D eigenvalue weighted by atomic mass is 9.47. The van der Waals surface area contributed by atoms with E-state index in [1.54, 1.807) is 0 Å². The minimum absolute atomic E-state index is 0.0870. The largest absolute Gasteiger partial charge is 0.465 e. The van der Waals surface area contributed by atoms with Crippen LogP contribution in [0, 0.1) is 22.7 Å². The number of rotatable bonds is 3. The van der Waals surface area contributed by atoms with Gasteiger partial charge in [0.25, 0.3) is 0 Å². The molecule has 0 aromatic heterocycles. The number of carbonyl (C=O) groups excluding carboxylic acids is 3. The van der Waals surface area contributed by atoms with Crippen LogP contribution < -0.4 is 0 Å². The van der Waals surface area contributed by atoms with Gasteiger partial charge in [0, 0.05) is 31.6 Å². The van der Waals surface area contributed by atoms with E-state index in [0.29, 0.717) is 19.3 Å². The van der Waals surface area contributed by atoms with Crippen molar-refractivity contribution in [3.8, 4) is 0 Å². The molecular weight excluding hydrogens is 336 g/mol. The van der Waals surface area contributed by atoms with Crippen molar-refractivity contribution < 1.29 is 28.6 Å². The molecule has 3 rings (SSSR count). The summed E-state index contributed by atoms with van der Waals surface area (Å²) in [5.41, 5.74) is -0.565. The molecule has 0 amide bonds. The highest BCUT2D eigenvalue weighted by Gasteiger charge is 2.60. The molecule has 0 aromatic rings. The fraction of sp³-hybridized carbons (Fsp3) is 0.750. The van der Waals surface area contributed by atoms with Gasteiger partial charge in [-0.3, -0.25) is 14.4 Å². The Morgan fingerprint density at radius 1 is 1.23 bits per heavy atom. The van der Waals surface area contributed by atoms with Crippen LogP contribution in [0.2, 0.25) is 0 Å². The summed E-state index contributed by atoms with van der Waals surface area (Å²) in [5, 5.41) is 0. The highest BCUT2D eigenvalue weighted by molar-refractivity contribution is 5.72. The number of carbonyl (C=O) groups is 3. The van der Waals surface area contributed by atoms with Crippen LogP contribution in [0.25, 0.3) is 0 Å². The molecule has 2 aliphatic carbocycles. The van der Waals surface area contributed by atoms with Crippen molar-refractivity contribution in [3.05, 3.63) is 11.8 Å². The van der Waals surface area contributed by atoms with Crippen LogP contribution in [0.15, 0.2) is 11.8 Å². The van der Waals surface area contributed by atoms with Crippen molar-refractivity contribution in [2.45, 2.75) is 65.9 Å². The summed E-state index contributed by atoms with van der Waals surface area (Å²) in [6.45, 7) is 7.32. The lowest BCUT2D eigenvalue weighted by Crippen LogP contribution is -2.58. The third-order valence-corrected chi connectivity index (χ3v) is 6.73. The first-order valence-corrected chi connectivity index (χ1v) is 9.38. The fourth-order valence-corrected chi connectivity index (χ4v) is 5.45. The molecule has 0 bridgehead atoms. The molecule has 0 unspecified atom stereocenters. The molecular formula is C20H28O6. The van der Waals surface area contributed by atoms with Crippen LogP contribution in [0.5, 0.6) is 0 Å². The Balaban J connectivity index is 1.96. The monoisotopic (exact) mass is 364 g/mol. The van der Waals surface area contributed by atoms with Gasteiger partial charge in [-0.2, -0.15) is 0 Å². The SMILES string of the molecule is CC(=O)OC[C@@]1(C)[C@H]2CC=C3OC(=O)CC[C@H]3[C@]2(C)CC[C@H]1OC(C)=O. The molecule has 144 valence electrons. The molecule has 0 aromatic carbocycles. The Morgan fingerprint density at radius 2 is 1.96 bits per heavy atom. The Hall–Kier alpha value is -1.85. The molecule has 2 fully saturated rings. The van der Waals surface area contributed by atoms with E-state index < -0.39 is 5.41 Å². The van der Waals surface area contributed by atoms with Gasteiger partial charge in [0.05, 0.1) is 0 Å². The standard InChI is InChI=1S/C20H28O6/c1-12(21)24-11-20(4)16-7-6-15-14(5-8-18(23)26-15)19(16,3)10-9-17(20)25-13(2)22/h6,14,16-17H,5,7-11H2,1-4H3/t14-,16+,17-,19+,20+/m1/s1. The number of fused-ring (bicyclic) bond motifs is 3. The van der Waals surface area contributed by atoms with Gasteiger partial charge in [-0.15, -0.1) is 0 Å². The Bertz CT molecular complexity index is 653. The third-order valence-electron chi connectivity index (χ3n) is 6.73. The summed E-state index contributed by atoms with van der Waals surface area (Å²) in [6.07, 6.45) is 5.23. The van der Waals surface area contributed by atoms with E-state index in [0.717, 1.165) is 18.6 Å². The summed E-state index contributed by atoms with van der Waals surface area (Å²) in [6, 6.07) is 0. The first kappa shape index (κ1) is 18.9. The minimum atomic E-state index is -0.478. The van der Waals surface area contributed by atoms with E-state index in [1.807, 2.05) is 6.08 Å². The smallest absolute Gasteiger partial charge is 0.310 e. The molecule has 0 spiro atoms. The molecule has 1 heterocycles. The maximum absolute atomic E-state index is 11.7. The molecule has 26 heavy (non-hydrogen) atoms. The van der Waals surface area contributed by atoms with Gasteiger partial charge in [-0.25, -0.2) is 0 Å². The second kappa shape index (κ2) is 6.71. The molecule has 1 saturated carbocycles. The summed E-state index contributed by atoms with van der Waals surface area (Å²) < 4.78 is 16.6. The summed E-state index contributed by atoms with van der Waals surface area (Å²) >= 11 is 0. The number of hydrogen-bond donors (Lipinski definition) is 0. The van der Waals surface area contributed by atoms with Crippen LogP contribution in [-0.4, -0.2) is 30.6 Å². The Morgan fingerprint density at radius 3 is 2.62 bits per heavy atom. The molecule has 0 N–H and O–H groups in total. The van der Waals surface area contributed by atoms with Crippen molar-refractivity contribution in [1.82, 2.24) is 0 Å². The highest BCUT2D eigenvalue weighted by atomic mass is 16.6. The van der Waals surface area contributed by atoms with E-state index >= 15 is 0 Å². The zero-order chi connectivity index (χ0) is 19.1. The average Bonchev–Trinajstić information content (AvgIpc) is 2.55. The first-order chi connectivity index (χ1) is 12.2. The lowest BCUT2D eigenvalue weighted by molar-refractivity contribution is -0.193.